The Kier molecular flexibility index (Phi) is 4.84. The van der Waals surface area contributed by atoms with Crippen LogP contribution in [0.1, 0.15) is 36.8 Å². The van der Waals surface area contributed by atoms with Gasteiger partial charge in [0.15, 0.2) is 5.82 Å². The van der Waals surface area contributed by atoms with Gasteiger partial charge < -0.3 is 16.0 Å². The number of hydrogen-bond donors (Lipinski definition) is 3. The third-order valence-electron chi connectivity index (χ3n) is 5.15. The number of aromatic nitrogens is 4. The van der Waals surface area contributed by atoms with E-state index in [0.29, 0.717) is 12.4 Å². The third kappa shape index (κ3) is 3.26. The van der Waals surface area contributed by atoms with Gasteiger partial charge in [0, 0.05) is 4.75 Å². The molecule has 3 heterocycles. The molecule has 0 aliphatic carbocycles. The van der Waals surface area contributed by atoms with Gasteiger partial charge in [-0.2, -0.15) is 5.21 Å². The molecule has 0 radical (unpaired) electrons. The number of fused-ring (bicyclic) bond motifs is 1. The number of rotatable bonds is 6. The Balaban J connectivity index is 1.42. The highest BCUT2D eigenvalue weighted by atomic mass is 32.2. The lowest BCUT2D eigenvalue weighted by Gasteiger charge is -2.44. The molecule has 28 heavy (non-hydrogen) atoms. The van der Waals surface area contributed by atoms with Gasteiger partial charge in [-0.05, 0) is 37.9 Å². The molecule has 148 valence electrons. The molecule has 2 fully saturated rings. The maximum atomic E-state index is 12.8. The molecule has 0 bridgehead atoms. The maximum absolute atomic E-state index is 12.8. The molecular formula is C18H23N7O2S. The van der Waals surface area contributed by atoms with Crippen LogP contribution >= 0.6 is 11.8 Å². The Labute approximate surface area is 166 Å². The van der Waals surface area contributed by atoms with E-state index in [0.717, 1.165) is 17.5 Å². The second kappa shape index (κ2) is 7.17. The summed E-state index contributed by atoms with van der Waals surface area (Å²) in [5.74, 6) is 0.224. The Morgan fingerprint density at radius 1 is 1.39 bits per heavy atom. The number of benzene rings is 1. The SMILES string of the molecule is CC1(C)SC2C(NC(=O)Cc3cccc(CCN)c3)C(=O)N2C1c1nn[nH]n1. The molecular weight excluding hydrogens is 378 g/mol. The van der Waals surface area contributed by atoms with Crippen LogP contribution in [0.2, 0.25) is 0 Å². The monoisotopic (exact) mass is 401 g/mol. The van der Waals surface area contributed by atoms with Crippen molar-refractivity contribution in [2.75, 3.05) is 6.54 Å². The number of carbonyl (C=O) groups excluding carboxylic acids is 2. The molecule has 0 saturated carbocycles. The van der Waals surface area contributed by atoms with Crippen molar-refractivity contribution in [3.8, 4) is 0 Å². The second-order valence-corrected chi connectivity index (χ2v) is 9.38. The molecule has 2 aromatic rings. The van der Waals surface area contributed by atoms with Gasteiger partial charge in [0.25, 0.3) is 0 Å². The Hall–Kier alpha value is -2.46. The van der Waals surface area contributed by atoms with Crippen molar-refractivity contribution in [2.24, 2.45) is 5.73 Å². The molecule has 2 aliphatic rings. The first-order chi connectivity index (χ1) is 13.4. The number of hydrogen-bond acceptors (Lipinski definition) is 7. The minimum atomic E-state index is -0.527. The number of carbonyl (C=O) groups is 2. The topological polar surface area (TPSA) is 130 Å². The van der Waals surface area contributed by atoms with E-state index in [2.05, 4.69) is 25.9 Å². The first kappa shape index (κ1) is 18.9. The number of thioether (sulfide) groups is 1. The number of β-lactam (4-membered cyclic amide) rings is 1. The van der Waals surface area contributed by atoms with Gasteiger partial charge in [0.2, 0.25) is 11.8 Å². The van der Waals surface area contributed by atoms with Crippen molar-refractivity contribution in [3.63, 3.8) is 0 Å². The number of nitrogens with zero attached hydrogens (tertiary/aromatic N) is 4. The Bertz CT molecular complexity index is 886. The van der Waals surface area contributed by atoms with Crippen LogP contribution < -0.4 is 11.1 Å². The average molecular weight is 401 g/mol. The summed E-state index contributed by atoms with van der Waals surface area (Å²) < 4.78 is -0.278. The van der Waals surface area contributed by atoms with E-state index in [-0.39, 0.29) is 34.4 Å². The first-order valence-corrected chi connectivity index (χ1v) is 10.1. The van der Waals surface area contributed by atoms with Crippen LogP contribution in [-0.2, 0) is 22.4 Å². The van der Waals surface area contributed by atoms with Crippen molar-refractivity contribution in [2.45, 2.75) is 48.9 Å². The molecule has 4 N–H and O–H groups in total. The third-order valence-corrected chi connectivity index (χ3v) is 6.72. The summed E-state index contributed by atoms with van der Waals surface area (Å²) in [4.78, 5) is 27.0. The molecule has 0 spiro atoms. The number of aromatic amines is 1. The molecule has 1 aromatic heterocycles. The number of H-pyrrole nitrogens is 1. The van der Waals surface area contributed by atoms with Gasteiger partial charge in [0.05, 0.1) is 6.42 Å². The van der Waals surface area contributed by atoms with E-state index in [1.165, 1.54) is 0 Å². The van der Waals surface area contributed by atoms with Crippen molar-refractivity contribution < 1.29 is 9.59 Å². The molecule has 4 rings (SSSR count). The zero-order chi connectivity index (χ0) is 19.9. The highest BCUT2D eigenvalue weighted by Gasteiger charge is 2.63. The van der Waals surface area contributed by atoms with Crippen LogP contribution in [-0.4, -0.2) is 60.0 Å². The van der Waals surface area contributed by atoms with Crippen molar-refractivity contribution in [3.05, 3.63) is 41.2 Å². The fraction of sp³-hybridized carbons (Fsp3) is 0.500. The zero-order valence-corrected chi connectivity index (χ0v) is 16.6. The van der Waals surface area contributed by atoms with E-state index in [1.807, 2.05) is 38.1 Å². The predicted molar refractivity (Wildman–Crippen MR) is 104 cm³/mol. The van der Waals surface area contributed by atoms with Crippen LogP contribution in [0.25, 0.3) is 0 Å². The summed E-state index contributed by atoms with van der Waals surface area (Å²) in [5.41, 5.74) is 7.62. The average Bonchev–Trinajstić information content (AvgIpc) is 3.24. The summed E-state index contributed by atoms with van der Waals surface area (Å²) in [6.45, 7) is 4.66. The zero-order valence-electron chi connectivity index (χ0n) is 15.8. The highest BCUT2D eigenvalue weighted by Crippen LogP contribution is 2.56. The lowest BCUT2D eigenvalue weighted by atomic mass is 9.95. The van der Waals surface area contributed by atoms with Crippen LogP contribution in [0.15, 0.2) is 24.3 Å². The van der Waals surface area contributed by atoms with Crippen molar-refractivity contribution in [1.82, 2.24) is 30.8 Å². The van der Waals surface area contributed by atoms with Crippen molar-refractivity contribution >= 4 is 23.6 Å². The molecule has 3 atom stereocenters. The lowest BCUT2D eigenvalue weighted by Crippen LogP contribution is -2.68. The molecule has 2 amide bonds. The summed E-state index contributed by atoms with van der Waals surface area (Å²) in [5, 5.41) is 17.0. The summed E-state index contributed by atoms with van der Waals surface area (Å²) in [7, 11) is 0. The molecule has 2 aliphatic heterocycles. The molecule has 3 unspecified atom stereocenters. The predicted octanol–water partition coefficient (Wildman–Crippen LogP) is 0.163. The number of amides is 2. The van der Waals surface area contributed by atoms with Crippen molar-refractivity contribution in [1.29, 1.82) is 0 Å². The fourth-order valence-electron chi connectivity index (χ4n) is 3.92. The smallest absolute Gasteiger partial charge is 0.249 e. The normalized spacial score (nSPS) is 25.3. The van der Waals surface area contributed by atoms with Gasteiger partial charge in [-0.1, -0.05) is 29.5 Å². The van der Waals surface area contributed by atoms with Crippen LogP contribution in [0.4, 0.5) is 0 Å². The first-order valence-electron chi connectivity index (χ1n) is 9.21. The molecule has 1 aromatic carbocycles. The molecule has 2 saturated heterocycles. The van der Waals surface area contributed by atoms with E-state index >= 15 is 0 Å². The van der Waals surface area contributed by atoms with E-state index in [1.54, 1.807) is 16.7 Å². The molecule has 9 nitrogen and oxygen atoms in total. The minimum absolute atomic E-state index is 0.108. The number of nitrogens with one attached hydrogen (secondary N) is 2. The van der Waals surface area contributed by atoms with Crippen LogP contribution in [0, 0.1) is 0 Å². The summed E-state index contributed by atoms with van der Waals surface area (Å²) in [6.07, 6.45) is 1.01. The largest absolute Gasteiger partial charge is 0.341 e. The van der Waals surface area contributed by atoms with E-state index < -0.39 is 6.04 Å². The van der Waals surface area contributed by atoms with Gasteiger partial charge >= 0.3 is 0 Å². The van der Waals surface area contributed by atoms with E-state index in [9.17, 15) is 9.59 Å². The summed E-state index contributed by atoms with van der Waals surface area (Å²) in [6, 6.07) is 7.02. The highest BCUT2D eigenvalue weighted by molar-refractivity contribution is 8.01. The Morgan fingerprint density at radius 2 is 2.18 bits per heavy atom. The molecule has 10 heteroatoms. The van der Waals surface area contributed by atoms with Crippen LogP contribution in [0.5, 0.6) is 0 Å². The second-order valence-electron chi connectivity index (χ2n) is 7.61. The fourth-order valence-corrected chi connectivity index (χ4v) is 5.55. The lowest BCUT2D eigenvalue weighted by molar-refractivity contribution is -0.151. The Morgan fingerprint density at radius 3 is 2.89 bits per heavy atom. The van der Waals surface area contributed by atoms with Gasteiger partial charge in [-0.25, -0.2) is 0 Å². The number of nitrogens with two attached hydrogens (primary N) is 1. The quantitative estimate of drug-likeness (QED) is 0.588. The standard InChI is InChI=1S/C18H23N7O2S/c1-18(2)14(15-21-23-24-22-15)25-16(27)13(17(25)28-18)20-12(26)9-11-5-3-4-10(8-11)6-7-19/h3-5,8,13-14,17H,6-7,9,19H2,1-2H3,(H,20,26)(H,21,22,23,24). The van der Waals surface area contributed by atoms with Gasteiger partial charge in [-0.3, -0.25) is 9.59 Å². The van der Waals surface area contributed by atoms with E-state index in [4.69, 9.17) is 5.73 Å². The van der Waals surface area contributed by atoms with Gasteiger partial charge in [0.1, 0.15) is 17.5 Å². The van der Waals surface area contributed by atoms with Gasteiger partial charge in [-0.15, -0.1) is 22.0 Å². The summed E-state index contributed by atoms with van der Waals surface area (Å²) >= 11 is 1.65. The maximum Gasteiger partial charge on any atom is 0.249 e. The number of tetrazole rings is 1. The van der Waals surface area contributed by atoms with Crippen LogP contribution in [0.3, 0.4) is 0 Å². The minimum Gasteiger partial charge on any atom is -0.341 e.